The Bertz CT molecular complexity index is 525. The molecule has 0 bridgehead atoms. The van der Waals surface area contributed by atoms with E-state index in [2.05, 4.69) is 4.90 Å². The smallest absolute Gasteiger partial charge is 0.255 e. The number of benzene rings is 1. The molecule has 126 valence electrons. The van der Waals surface area contributed by atoms with E-state index in [0.717, 1.165) is 38.5 Å². The van der Waals surface area contributed by atoms with Crippen LogP contribution in [0.3, 0.4) is 0 Å². The molecule has 23 heavy (non-hydrogen) atoms. The fourth-order valence-corrected chi connectivity index (χ4v) is 3.95. The van der Waals surface area contributed by atoms with Gasteiger partial charge in [-0.1, -0.05) is 31.4 Å². The van der Waals surface area contributed by atoms with Crippen molar-refractivity contribution in [2.24, 2.45) is 5.92 Å². The van der Waals surface area contributed by atoms with Gasteiger partial charge < -0.3 is 15.5 Å². The van der Waals surface area contributed by atoms with Gasteiger partial charge in [0.1, 0.15) is 0 Å². The van der Waals surface area contributed by atoms with Gasteiger partial charge in [0.25, 0.3) is 5.91 Å². The van der Waals surface area contributed by atoms with Crippen LogP contribution >= 0.6 is 0 Å². The number of nitrogen functional groups attached to an aromatic ring is 1. The third kappa shape index (κ3) is 4.25. The van der Waals surface area contributed by atoms with Crippen LogP contribution in [-0.4, -0.2) is 48.4 Å². The number of rotatable bonds is 3. The summed E-state index contributed by atoms with van der Waals surface area (Å²) < 4.78 is 0. The van der Waals surface area contributed by atoms with Crippen molar-refractivity contribution in [3.63, 3.8) is 0 Å². The van der Waals surface area contributed by atoms with E-state index >= 15 is 0 Å². The lowest BCUT2D eigenvalue weighted by Gasteiger charge is -2.28. The highest BCUT2D eigenvalue weighted by Gasteiger charge is 2.23. The van der Waals surface area contributed by atoms with E-state index in [4.69, 9.17) is 5.73 Å². The molecule has 0 aromatic heterocycles. The standard InChI is InChI=1S/C19H29N3O/c20-18-10-5-4-9-17(18)19(23)22-12-6-11-21(13-14-22)15-16-7-2-1-3-8-16/h4-5,9-10,16H,1-3,6-8,11-15,20H2. The van der Waals surface area contributed by atoms with E-state index in [-0.39, 0.29) is 5.91 Å². The monoisotopic (exact) mass is 315 g/mol. The summed E-state index contributed by atoms with van der Waals surface area (Å²) in [4.78, 5) is 17.2. The SMILES string of the molecule is Nc1ccccc1C(=O)N1CCCN(CC2CCCCC2)CC1. The van der Waals surface area contributed by atoms with Crippen LogP contribution in [0.1, 0.15) is 48.9 Å². The molecule has 1 saturated heterocycles. The number of hydrogen-bond acceptors (Lipinski definition) is 3. The minimum absolute atomic E-state index is 0.0858. The Morgan fingerprint density at radius 3 is 2.57 bits per heavy atom. The van der Waals surface area contributed by atoms with Gasteiger partial charge in [0.2, 0.25) is 0 Å². The first-order chi connectivity index (χ1) is 11.2. The van der Waals surface area contributed by atoms with Crippen molar-refractivity contribution in [1.82, 2.24) is 9.80 Å². The maximum atomic E-state index is 12.7. The van der Waals surface area contributed by atoms with Crippen LogP contribution in [0.15, 0.2) is 24.3 Å². The first kappa shape index (κ1) is 16.3. The zero-order chi connectivity index (χ0) is 16.1. The molecule has 1 saturated carbocycles. The number of carbonyl (C=O) groups is 1. The highest BCUT2D eigenvalue weighted by atomic mass is 16.2. The van der Waals surface area contributed by atoms with Crippen molar-refractivity contribution >= 4 is 11.6 Å². The Morgan fingerprint density at radius 1 is 1.00 bits per heavy atom. The van der Waals surface area contributed by atoms with E-state index in [1.54, 1.807) is 6.07 Å². The molecule has 2 fully saturated rings. The van der Waals surface area contributed by atoms with Gasteiger partial charge in [-0.2, -0.15) is 0 Å². The summed E-state index contributed by atoms with van der Waals surface area (Å²) in [6.45, 7) is 4.99. The molecule has 1 aliphatic heterocycles. The van der Waals surface area contributed by atoms with Crippen LogP contribution in [-0.2, 0) is 0 Å². The predicted molar refractivity (Wildman–Crippen MR) is 94.4 cm³/mol. The third-order valence-electron chi connectivity index (χ3n) is 5.31. The number of carbonyl (C=O) groups excluding carboxylic acids is 1. The Kier molecular flexibility index (Phi) is 5.55. The minimum Gasteiger partial charge on any atom is -0.398 e. The van der Waals surface area contributed by atoms with Gasteiger partial charge in [-0.3, -0.25) is 4.79 Å². The second-order valence-electron chi connectivity index (χ2n) is 7.04. The maximum Gasteiger partial charge on any atom is 0.255 e. The molecule has 2 aliphatic rings. The second kappa shape index (κ2) is 7.82. The number of para-hydroxylation sites is 1. The summed E-state index contributed by atoms with van der Waals surface area (Å²) in [6.07, 6.45) is 8.05. The minimum atomic E-state index is 0.0858. The molecule has 4 nitrogen and oxygen atoms in total. The topological polar surface area (TPSA) is 49.6 Å². The molecule has 0 unspecified atom stereocenters. The number of nitrogens with zero attached hydrogens (tertiary/aromatic N) is 2. The van der Waals surface area contributed by atoms with Crippen molar-refractivity contribution in [3.8, 4) is 0 Å². The van der Waals surface area contributed by atoms with Gasteiger partial charge in [0, 0.05) is 31.9 Å². The van der Waals surface area contributed by atoms with Gasteiger partial charge >= 0.3 is 0 Å². The Labute approximate surface area is 139 Å². The highest BCUT2D eigenvalue weighted by Crippen LogP contribution is 2.25. The van der Waals surface area contributed by atoms with Gasteiger partial charge in [0.15, 0.2) is 0 Å². The van der Waals surface area contributed by atoms with Crippen LogP contribution in [0.2, 0.25) is 0 Å². The molecule has 4 heteroatoms. The van der Waals surface area contributed by atoms with Crippen LogP contribution in [0.25, 0.3) is 0 Å². The molecule has 1 amide bonds. The van der Waals surface area contributed by atoms with Crippen molar-refractivity contribution < 1.29 is 4.79 Å². The fraction of sp³-hybridized carbons (Fsp3) is 0.632. The summed E-state index contributed by atoms with van der Waals surface area (Å²) >= 11 is 0. The average Bonchev–Trinajstić information content (AvgIpc) is 2.81. The normalized spacial score (nSPS) is 21.1. The predicted octanol–water partition coefficient (Wildman–Crippen LogP) is 3.00. The lowest BCUT2D eigenvalue weighted by atomic mass is 9.89. The van der Waals surface area contributed by atoms with Gasteiger partial charge in [-0.05, 0) is 43.9 Å². The molecule has 0 radical (unpaired) electrons. The van der Waals surface area contributed by atoms with Gasteiger partial charge in [-0.15, -0.1) is 0 Å². The average molecular weight is 315 g/mol. The number of nitrogens with two attached hydrogens (primary N) is 1. The Morgan fingerprint density at radius 2 is 1.78 bits per heavy atom. The molecule has 1 aliphatic carbocycles. The first-order valence-electron chi connectivity index (χ1n) is 9.10. The first-order valence-corrected chi connectivity index (χ1v) is 9.10. The van der Waals surface area contributed by atoms with Crippen molar-refractivity contribution in [2.45, 2.75) is 38.5 Å². The van der Waals surface area contributed by atoms with E-state index in [1.807, 2.05) is 23.1 Å². The molecule has 3 rings (SSSR count). The summed E-state index contributed by atoms with van der Waals surface area (Å²) in [5.74, 6) is 0.957. The lowest BCUT2D eigenvalue weighted by molar-refractivity contribution is 0.0761. The van der Waals surface area contributed by atoms with Crippen molar-refractivity contribution in [1.29, 1.82) is 0 Å². The number of hydrogen-bond donors (Lipinski definition) is 1. The summed E-state index contributed by atoms with van der Waals surface area (Å²) in [6, 6.07) is 7.40. The van der Waals surface area contributed by atoms with Crippen molar-refractivity contribution in [3.05, 3.63) is 29.8 Å². The summed E-state index contributed by atoms with van der Waals surface area (Å²) in [5, 5.41) is 0. The van der Waals surface area contributed by atoms with Crippen LogP contribution in [0, 0.1) is 5.92 Å². The zero-order valence-electron chi connectivity index (χ0n) is 14.0. The second-order valence-corrected chi connectivity index (χ2v) is 7.04. The van der Waals surface area contributed by atoms with Crippen molar-refractivity contribution in [2.75, 3.05) is 38.5 Å². The molecule has 0 atom stereocenters. The van der Waals surface area contributed by atoms with Crippen LogP contribution in [0.4, 0.5) is 5.69 Å². The molecule has 2 N–H and O–H groups in total. The summed E-state index contributed by atoms with van der Waals surface area (Å²) in [5.41, 5.74) is 7.19. The van der Waals surface area contributed by atoms with Crippen LogP contribution in [0.5, 0.6) is 0 Å². The molecule has 1 aromatic carbocycles. The Hall–Kier alpha value is -1.55. The van der Waals surface area contributed by atoms with E-state index in [0.29, 0.717) is 11.3 Å². The number of amides is 1. The van der Waals surface area contributed by atoms with E-state index < -0.39 is 0 Å². The highest BCUT2D eigenvalue weighted by molar-refractivity contribution is 5.99. The molecule has 0 spiro atoms. The largest absolute Gasteiger partial charge is 0.398 e. The molecule has 1 aromatic rings. The van der Waals surface area contributed by atoms with E-state index in [9.17, 15) is 4.79 Å². The number of anilines is 1. The molecule has 1 heterocycles. The molecular weight excluding hydrogens is 286 g/mol. The van der Waals surface area contributed by atoms with Gasteiger partial charge in [0.05, 0.1) is 5.56 Å². The van der Waals surface area contributed by atoms with Gasteiger partial charge in [-0.25, -0.2) is 0 Å². The van der Waals surface area contributed by atoms with Crippen LogP contribution < -0.4 is 5.73 Å². The fourth-order valence-electron chi connectivity index (χ4n) is 3.95. The molecular formula is C19H29N3O. The summed E-state index contributed by atoms with van der Waals surface area (Å²) in [7, 11) is 0. The maximum absolute atomic E-state index is 12.7. The third-order valence-corrected chi connectivity index (χ3v) is 5.31. The zero-order valence-corrected chi connectivity index (χ0v) is 14.0. The Balaban J connectivity index is 1.55. The quantitative estimate of drug-likeness (QED) is 0.872. The lowest BCUT2D eigenvalue weighted by Crippen LogP contribution is -2.37. The van der Waals surface area contributed by atoms with E-state index in [1.165, 1.54) is 38.6 Å².